The highest BCUT2D eigenvalue weighted by molar-refractivity contribution is 5.93. The molecule has 0 radical (unpaired) electrons. The van der Waals surface area contributed by atoms with Crippen molar-refractivity contribution in [3.63, 3.8) is 0 Å². The number of nitrogens with zero attached hydrogens (tertiary/aromatic N) is 1. The second kappa shape index (κ2) is 8.27. The highest BCUT2D eigenvalue weighted by Gasteiger charge is 2.21. The molecule has 0 unspecified atom stereocenters. The minimum Gasteiger partial charge on any atom is -0.320 e. The average molecular weight is 360 g/mol. The molecule has 5 heteroatoms. The van der Waals surface area contributed by atoms with Crippen LogP contribution >= 0.6 is 0 Å². The van der Waals surface area contributed by atoms with Crippen molar-refractivity contribution in [1.82, 2.24) is 0 Å². The molecule has 1 N–H and O–H groups in total. The molecule has 0 spiro atoms. The lowest BCUT2D eigenvalue weighted by atomic mass is 9.88. The standard InChI is InChI=1S/C22H20N2O3/c1-16-12-13-20(21(14-16)24(26)27)23-22(25)15-19(17-8-4-2-5-9-17)18-10-6-3-7-11-18/h2-14,19H,15H2,1H3,(H,23,25). The summed E-state index contributed by atoms with van der Waals surface area (Å²) in [6.07, 6.45) is 0.194. The summed E-state index contributed by atoms with van der Waals surface area (Å²) in [5.74, 6) is -0.392. The third-order valence-corrected chi connectivity index (χ3v) is 4.42. The molecular weight excluding hydrogens is 340 g/mol. The van der Waals surface area contributed by atoms with Gasteiger partial charge in [-0.2, -0.15) is 0 Å². The number of amides is 1. The Morgan fingerprint density at radius 3 is 2.04 bits per heavy atom. The number of nitro groups is 1. The minimum absolute atomic E-state index is 0.0978. The van der Waals surface area contributed by atoms with Crippen LogP contribution < -0.4 is 5.32 Å². The smallest absolute Gasteiger partial charge is 0.293 e. The van der Waals surface area contributed by atoms with E-state index >= 15 is 0 Å². The lowest BCUT2D eigenvalue weighted by molar-refractivity contribution is -0.384. The molecule has 0 aromatic heterocycles. The number of nitro benzene ring substituents is 1. The Labute approximate surface area is 157 Å². The largest absolute Gasteiger partial charge is 0.320 e. The van der Waals surface area contributed by atoms with Crippen molar-refractivity contribution in [3.05, 3.63) is 106 Å². The summed E-state index contributed by atoms with van der Waals surface area (Å²) in [4.78, 5) is 23.5. The molecular formula is C22H20N2O3. The van der Waals surface area contributed by atoms with Crippen molar-refractivity contribution in [1.29, 1.82) is 0 Å². The van der Waals surface area contributed by atoms with Crippen molar-refractivity contribution < 1.29 is 9.72 Å². The van der Waals surface area contributed by atoms with Crippen LogP contribution in [0.25, 0.3) is 0 Å². The molecule has 0 saturated carbocycles. The SMILES string of the molecule is Cc1ccc(NC(=O)CC(c2ccccc2)c2ccccc2)c([N+](=O)[O-])c1. The molecule has 0 atom stereocenters. The summed E-state index contributed by atoms with van der Waals surface area (Å²) in [5, 5.41) is 14.0. The number of hydrogen-bond donors (Lipinski definition) is 1. The summed E-state index contributed by atoms with van der Waals surface area (Å²) in [6.45, 7) is 1.78. The van der Waals surface area contributed by atoms with Crippen molar-refractivity contribution in [3.8, 4) is 0 Å². The van der Waals surface area contributed by atoms with E-state index in [1.54, 1.807) is 19.1 Å². The van der Waals surface area contributed by atoms with Gasteiger partial charge in [-0.1, -0.05) is 66.7 Å². The monoisotopic (exact) mass is 360 g/mol. The van der Waals surface area contributed by atoms with E-state index in [4.69, 9.17) is 0 Å². The maximum Gasteiger partial charge on any atom is 0.293 e. The van der Waals surface area contributed by atoms with Gasteiger partial charge in [0.05, 0.1) is 4.92 Å². The van der Waals surface area contributed by atoms with E-state index in [9.17, 15) is 14.9 Å². The number of benzene rings is 3. The zero-order valence-electron chi connectivity index (χ0n) is 15.0. The molecule has 5 nitrogen and oxygen atoms in total. The average Bonchev–Trinajstić information content (AvgIpc) is 2.68. The molecule has 3 aromatic carbocycles. The first-order chi connectivity index (χ1) is 13.0. The van der Waals surface area contributed by atoms with Crippen molar-refractivity contribution in [2.45, 2.75) is 19.3 Å². The Morgan fingerprint density at radius 1 is 0.963 bits per heavy atom. The van der Waals surface area contributed by atoms with Gasteiger partial charge in [0.2, 0.25) is 5.91 Å². The van der Waals surface area contributed by atoms with Crippen molar-refractivity contribution in [2.75, 3.05) is 5.32 Å². The van der Waals surface area contributed by atoms with E-state index < -0.39 is 4.92 Å². The molecule has 0 aliphatic rings. The number of carbonyl (C=O) groups excluding carboxylic acids is 1. The fourth-order valence-electron chi connectivity index (χ4n) is 3.08. The molecule has 27 heavy (non-hydrogen) atoms. The number of nitrogens with one attached hydrogen (secondary N) is 1. The van der Waals surface area contributed by atoms with Gasteiger partial charge in [0.25, 0.3) is 5.69 Å². The summed E-state index contributed by atoms with van der Waals surface area (Å²) in [6, 6.07) is 24.3. The lowest BCUT2D eigenvalue weighted by Crippen LogP contribution is -2.17. The van der Waals surface area contributed by atoms with Gasteiger partial charge in [0.1, 0.15) is 5.69 Å². The normalized spacial score (nSPS) is 10.6. The van der Waals surface area contributed by atoms with Crippen LogP contribution in [0.2, 0.25) is 0 Å². The molecule has 0 aliphatic heterocycles. The summed E-state index contributed by atoms with van der Waals surface area (Å²) in [7, 11) is 0. The molecule has 3 aromatic rings. The number of anilines is 1. The Bertz CT molecular complexity index is 901. The van der Waals surface area contributed by atoms with Crippen LogP contribution in [0.4, 0.5) is 11.4 Å². The van der Waals surface area contributed by atoms with Crippen LogP contribution in [0.15, 0.2) is 78.9 Å². The number of carbonyl (C=O) groups is 1. The minimum atomic E-state index is -0.478. The van der Waals surface area contributed by atoms with E-state index in [-0.39, 0.29) is 29.6 Å². The summed E-state index contributed by atoms with van der Waals surface area (Å²) >= 11 is 0. The van der Waals surface area contributed by atoms with Gasteiger partial charge in [0.15, 0.2) is 0 Å². The zero-order valence-corrected chi connectivity index (χ0v) is 15.0. The van der Waals surface area contributed by atoms with Gasteiger partial charge in [-0.15, -0.1) is 0 Å². The van der Waals surface area contributed by atoms with Gasteiger partial charge in [0, 0.05) is 18.4 Å². The van der Waals surface area contributed by atoms with E-state index in [1.165, 1.54) is 6.07 Å². The van der Waals surface area contributed by atoms with E-state index in [2.05, 4.69) is 5.32 Å². The van der Waals surface area contributed by atoms with Crippen LogP contribution in [0, 0.1) is 17.0 Å². The van der Waals surface area contributed by atoms with Crippen LogP contribution in [0.3, 0.4) is 0 Å². The molecule has 1 amide bonds. The number of hydrogen-bond acceptors (Lipinski definition) is 3. The third-order valence-electron chi connectivity index (χ3n) is 4.42. The first-order valence-electron chi connectivity index (χ1n) is 8.69. The molecule has 0 aliphatic carbocycles. The molecule has 0 bridgehead atoms. The van der Waals surface area contributed by atoms with E-state index in [0.29, 0.717) is 0 Å². The van der Waals surface area contributed by atoms with Gasteiger partial charge >= 0.3 is 0 Å². The third kappa shape index (κ3) is 4.58. The number of aryl methyl sites for hydroxylation is 1. The molecule has 0 fully saturated rings. The quantitative estimate of drug-likeness (QED) is 0.493. The van der Waals surface area contributed by atoms with Crippen LogP contribution in [0.5, 0.6) is 0 Å². The maximum atomic E-state index is 12.7. The Balaban J connectivity index is 1.85. The molecule has 3 rings (SSSR count). The predicted molar refractivity (Wildman–Crippen MR) is 106 cm³/mol. The molecule has 0 heterocycles. The van der Waals surface area contributed by atoms with E-state index in [0.717, 1.165) is 16.7 Å². The fraction of sp³-hybridized carbons (Fsp3) is 0.136. The lowest BCUT2D eigenvalue weighted by Gasteiger charge is -2.18. The Morgan fingerprint density at radius 2 is 1.52 bits per heavy atom. The second-order valence-corrected chi connectivity index (χ2v) is 6.40. The van der Waals surface area contributed by atoms with Gasteiger partial charge < -0.3 is 5.32 Å². The summed E-state index contributed by atoms with van der Waals surface area (Å²) < 4.78 is 0. The second-order valence-electron chi connectivity index (χ2n) is 6.40. The molecule has 136 valence electrons. The maximum absolute atomic E-state index is 12.7. The fourth-order valence-corrected chi connectivity index (χ4v) is 3.08. The summed E-state index contributed by atoms with van der Waals surface area (Å²) in [5.41, 5.74) is 2.94. The van der Waals surface area contributed by atoms with Crippen LogP contribution in [-0.4, -0.2) is 10.8 Å². The first kappa shape index (κ1) is 18.3. The van der Waals surface area contributed by atoms with Gasteiger partial charge in [-0.25, -0.2) is 0 Å². The highest BCUT2D eigenvalue weighted by Crippen LogP contribution is 2.30. The number of rotatable bonds is 6. The highest BCUT2D eigenvalue weighted by atomic mass is 16.6. The van der Waals surface area contributed by atoms with Gasteiger partial charge in [-0.3, -0.25) is 14.9 Å². The predicted octanol–water partition coefficient (Wildman–Crippen LogP) is 5.06. The van der Waals surface area contributed by atoms with Crippen LogP contribution in [-0.2, 0) is 4.79 Å². The van der Waals surface area contributed by atoms with Crippen molar-refractivity contribution >= 4 is 17.3 Å². The Kier molecular flexibility index (Phi) is 5.61. The first-order valence-corrected chi connectivity index (χ1v) is 8.69. The van der Waals surface area contributed by atoms with Crippen LogP contribution in [0.1, 0.15) is 29.0 Å². The zero-order chi connectivity index (χ0) is 19.2. The Hall–Kier alpha value is -3.47. The van der Waals surface area contributed by atoms with Crippen molar-refractivity contribution in [2.24, 2.45) is 0 Å². The van der Waals surface area contributed by atoms with E-state index in [1.807, 2.05) is 60.7 Å². The molecule has 0 saturated heterocycles. The topological polar surface area (TPSA) is 72.2 Å². The van der Waals surface area contributed by atoms with Gasteiger partial charge in [-0.05, 0) is 29.7 Å².